The predicted molar refractivity (Wildman–Crippen MR) is 99.2 cm³/mol. The standard InChI is InChI=1S/C19H22N2O4S/c1-24-18(22)12-25-15-7-3-2-5-13(15)11-21-10-4-6-14(21)16-8-9-17(26-16)19(20)23/h2-3,5,7-9,14H,4,6,10-12H2,1H3,(H2,20,23). The van der Waals surface area contributed by atoms with Crippen LogP contribution in [-0.2, 0) is 16.1 Å². The van der Waals surface area contributed by atoms with E-state index < -0.39 is 5.97 Å². The Morgan fingerprint density at radius 1 is 1.27 bits per heavy atom. The van der Waals surface area contributed by atoms with E-state index >= 15 is 0 Å². The molecule has 1 atom stereocenters. The fraction of sp³-hybridized carbons (Fsp3) is 0.368. The van der Waals surface area contributed by atoms with Crippen molar-refractivity contribution in [2.24, 2.45) is 5.73 Å². The molecule has 6 nitrogen and oxygen atoms in total. The van der Waals surface area contributed by atoms with Crippen LogP contribution in [0.5, 0.6) is 5.75 Å². The van der Waals surface area contributed by atoms with E-state index in [1.807, 2.05) is 30.3 Å². The lowest BCUT2D eigenvalue weighted by molar-refractivity contribution is -0.142. The van der Waals surface area contributed by atoms with Crippen molar-refractivity contribution in [2.75, 3.05) is 20.3 Å². The number of ether oxygens (including phenoxy) is 2. The lowest BCUT2D eigenvalue weighted by Crippen LogP contribution is -2.23. The molecule has 1 aromatic carbocycles. The van der Waals surface area contributed by atoms with E-state index in [4.69, 9.17) is 10.5 Å². The molecule has 138 valence electrons. The van der Waals surface area contributed by atoms with Gasteiger partial charge in [0, 0.05) is 23.0 Å². The number of hydrogen-bond donors (Lipinski definition) is 1. The number of rotatable bonds is 7. The molecule has 0 saturated carbocycles. The van der Waals surface area contributed by atoms with Gasteiger partial charge in [-0.1, -0.05) is 18.2 Å². The third-order valence-electron chi connectivity index (χ3n) is 4.48. The Morgan fingerprint density at radius 2 is 2.08 bits per heavy atom. The molecule has 1 aromatic heterocycles. The molecule has 2 heterocycles. The molecule has 1 amide bonds. The summed E-state index contributed by atoms with van der Waals surface area (Å²) >= 11 is 1.47. The average Bonchev–Trinajstić information content (AvgIpc) is 3.29. The second-order valence-electron chi connectivity index (χ2n) is 6.17. The van der Waals surface area contributed by atoms with Gasteiger partial charge in [0.1, 0.15) is 5.75 Å². The number of amides is 1. The molecule has 7 heteroatoms. The molecule has 1 aliphatic rings. The maximum absolute atomic E-state index is 11.4. The number of hydrogen-bond acceptors (Lipinski definition) is 6. The van der Waals surface area contributed by atoms with Crippen molar-refractivity contribution in [1.82, 2.24) is 4.90 Å². The van der Waals surface area contributed by atoms with Gasteiger partial charge in [-0.25, -0.2) is 4.79 Å². The number of methoxy groups -OCH3 is 1. The van der Waals surface area contributed by atoms with Crippen molar-refractivity contribution in [3.8, 4) is 5.75 Å². The summed E-state index contributed by atoms with van der Waals surface area (Å²) < 4.78 is 10.2. The number of carbonyl (C=O) groups is 2. The highest BCUT2D eigenvalue weighted by Gasteiger charge is 2.28. The van der Waals surface area contributed by atoms with Gasteiger partial charge in [-0.05, 0) is 37.6 Å². The van der Waals surface area contributed by atoms with Gasteiger partial charge >= 0.3 is 5.97 Å². The minimum absolute atomic E-state index is 0.107. The van der Waals surface area contributed by atoms with Crippen LogP contribution >= 0.6 is 11.3 Å². The minimum Gasteiger partial charge on any atom is -0.482 e. The summed E-state index contributed by atoms with van der Waals surface area (Å²) in [6.07, 6.45) is 2.14. The summed E-state index contributed by atoms with van der Waals surface area (Å²) in [5.74, 6) is -0.101. The van der Waals surface area contributed by atoms with E-state index in [-0.39, 0.29) is 18.6 Å². The molecule has 2 aromatic rings. The minimum atomic E-state index is -0.406. The average molecular weight is 374 g/mol. The van der Waals surface area contributed by atoms with Crippen LogP contribution < -0.4 is 10.5 Å². The maximum atomic E-state index is 11.4. The lowest BCUT2D eigenvalue weighted by Gasteiger charge is -2.24. The molecule has 1 saturated heterocycles. The Bertz CT molecular complexity index is 789. The van der Waals surface area contributed by atoms with Crippen LogP contribution in [0.2, 0.25) is 0 Å². The Labute approximate surface area is 156 Å². The SMILES string of the molecule is COC(=O)COc1ccccc1CN1CCCC1c1ccc(C(N)=O)s1. The number of esters is 1. The first-order valence-electron chi connectivity index (χ1n) is 8.49. The molecule has 3 rings (SSSR count). The molecular formula is C19H22N2O4S. The number of nitrogens with two attached hydrogens (primary N) is 1. The third-order valence-corrected chi connectivity index (χ3v) is 5.68. The van der Waals surface area contributed by atoms with Crippen LogP contribution in [-0.4, -0.2) is 37.0 Å². The highest BCUT2D eigenvalue weighted by atomic mass is 32.1. The molecule has 1 unspecified atom stereocenters. The number of primary amides is 1. The fourth-order valence-electron chi connectivity index (χ4n) is 3.19. The van der Waals surface area contributed by atoms with Crippen LogP contribution in [0.15, 0.2) is 36.4 Å². The van der Waals surface area contributed by atoms with E-state index in [9.17, 15) is 9.59 Å². The largest absolute Gasteiger partial charge is 0.482 e. The third kappa shape index (κ3) is 4.23. The van der Waals surface area contributed by atoms with Crippen molar-refractivity contribution in [3.63, 3.8) is 0 Å². The number of thiophene rings is 1. The van der Waals surface area contributed by atoms with Gasteiger partial charge in [0.05, 0.1) is 12.0 Å². The normalized spacial score (nSPS) is 17.2. The first-order chi connectivity index (χ1) is 12.6. The Kier molecular flexibility index (Phi) is 5.90. The van der Waals surface area contributed by atoms with E-state index in [0.717, 1.165) is 29.8 Å². The highest BCUT2D eigenvalue weighted by Crippen LogP contribution is 2.37. The quantitative estimate of drug-likeness (QED) is 0.754. The van der Waals surface area contributed by atoms with Crippen molar-refractivity contribution in [1.29, 1.82) is 0 Å². The van der Waals surface area contributed by atoms with Gasteiger partial charge in [-0.15, -0.1) is 11.3 Å². The summed E-state index contributed by atoms with van der Waals surface area (Å²) in [4.78, 5) is 26.8. The number of benzene rings is 1. The van der Waals surface area contributed by atoms with E-state index in [2.05, 4.69) is 9.64 Å². The van der Waals surface area contributed by atoms with Crippen molar-refractivity contribution >= 4 is 23.2 Å². The monoisotopic (exact) mass is 374 g/mol. The summed E-state index contributed by atoms with van der Waals surface area (Å²) in [5.41, 5.74) is 6.40. The molecule has 0 spiro atoms. The summed E-state index contributed by atoms with van der Waals surface area (Å²) in [6.45, 7) is 1.58. The molecule has 1 fully saturated rings. The van der Waals surface area contributed by atoms with Gasteiger partial charge in [-0.3, -0.25) is 9.69 Å². The van der Waals surface area contributed by atoms with Gasteiger partial charge in [0.15, 0.2) is 6.61 Å². The Balaban J connectivity index is 1.73. The first-order valence-corrected chi connectivity index (χ1v) is 9.31. The predicted octanol–water partition coefficient (Wildman–Crippen LogP) is 2.74. The zero-order valence-corrected chi connectivity index (χ0v) is 15.5. The van der Waals surface area contributed by atoms with Gasteiger partial charge < -0.3 is 15.2 Å². The van der Waals surface area contributed by atoms with E-state index in [1.165, 1.54) is 18.4 Å². The van der Waals surface area contributed by atoms with E-state index in [0.29, 0.717) is 17.2 Å². The molecular weight excluding hydrogens is 352 g/mol. The van der Waals surface area contributed by atoms with Gasteiger partial charge in [-0.2, -0.15) is 0 Å². The molecule has 0 aliphatic carbocycles. The van der Waals surface area contributed by atoms with Gasteiger partial charge in [0.25, 0.3) is 5.91 Å². The zero-order valence-electron chi connectivity index (χ0n) is 14.6. The highest BCUT2D eigenvalue weighted by molar-refractivity contribution is 7.14. The smallest absolute Gasteiger partial charge is 0.343 e. The van der Waals surface area contributed by atoms with Gasteiger partial charge in [0.2, 0.25) is 0 Å². The van der Waals surface area contributed by atoms with Crippen LogP contribution in [0.1, 0.15) is 39.0 Å². The summed E-state index contributed by atoms with van der Waals surface area (Å²) in [5, 5.41) is 0. The molecule has 0 bridgehead atoms. The topological polar surface area (TPSA) is 81.9 Å². The number of para-hydroxylation sites is 1. The summed E-state index contributed by atoms with van der Waals surface area (Å²) in [6, 6.07) is 11.8. The van der Waals surface area contributed by atoms with Crippen molar-refractivity contribution < 1.29 is 19.1 Å². The molecule has 0 radical (unpaired) electrons. The van der Waals surface area contributed by atoms with Crippen LogP contribution in [0, 0.1) is 0 Å². The molecule has 26 heavy (non-hydrogen) atoms. The maximum Gasteiger partial charge on any atom is 0.343 e. The first kappa shape index (κ1) is 18.4. The number of nitrogens with zero attached hydrogens (tertiary/aromatic N) is 1. The van der Waals surface area contributed by atoms with Crippen LogP contribution in [0.4, 0.5) is 0 Å². The fourth-order valence-corrected chi connectivity index (χ4v) is 4.22. The molecule has 1 aliphatic heterocycles. The lowest BCUT2D eigenvalue weighted by atomic mass is 10.1. The number of likely N-dealkylation sites (tertiary alicyclic amines) is 1. The second-order valence-corrected chi connectivity index (χ2v) is 7.28. The van der Waals surface area contributed by atoms with Crippen molar-refractivity contribution in [3.05, 3.63) is 51.7 Å². The second kappa shape index (κ2) is 8.33. The molecule has 2 N–H and O–H groups in total. The Morgan fingerprint density at radius 3 is 2.81 bits per heavy atom. The van der Waals surface area contributed by atoms with E-state index in [1.54, 1.807) is 6.07 Å². The van der Waals surface area contributed by atoms with Crippen LogP contribution in [0.3, 0.4) is 0 Å². The Hall–Kier alpha value is -2.38. The summed E-state index contributed by atoms with van der Waals surface area (Å²) in [7, 11) is 1.34. The van der Waals surface area contributed by atoms with Crippen LogP contribution in [0.25, 0.3) is 0 Å². The zero-order chi connectivity index (χ0) is 18.5. The number of carbonyl (C=O) groups excluding carboxylic acids is 2. The van der Waals surface area contributed by atoms with Crippen molar-refractivity contribution in [2.45, 2.75) is 25.4 Å².